The van der Waals surface area contributed by atoms with E-state index in [-0.39, 0.29) is 5.82 Å². The molecule has 0 saturated heterocycles. The second kappa shape index (κ2) is 5.44. The predicted molar refractivity (Wildman–Crippen MR) is 65.1 cm³/mol. The Kier molecular flexibility index (Phi) is 3.94. The summed E-state index contributed by atoms with van der Waals surface area (Å²) >= 11 is 0. The van der Waals surface area contributed by atoms with Crippen molar-refractivity contribution in [2.45, 2.75) is 45.1 Å². The minimum absolute atomic E-state index is 0.0980. The van der Waals surface area contributed by atoms with Gasteiger partial charge in [0.1, 0.15) is 5.82 Å². The highest BCUT2D eigenvalue weighted by atomic mass is 19.1. The highest BCUT2D eigenvalue weighted by Crippen LogP contribution is 2.18. The summed E-state index contributed by atoms with van der Waals surface area (Å²) in [5, 5.41) is 3.50. The fraction of sp³-hybridized carbons (Fsp3) is 0.571. The summed E-state index contributed by atoms with van der Waals surface area (Å²) in [5.74, 6) is -0.0980. The molecule has 0 heterocycles. The Hall–Kier alpha value is -0.890. The van der Waals surface area contributed by atoms with Crippen LogP contribution in [0.1, 0.15) is 36.8 Å². The number of aryl methyl sites for hydroxylation is 2. The topological polar surface area (TPSA) is 12.0 Å². The molecule has 0 radical (unpaired) electrons. The van der Waals surface area contributed by atoms with Gasteiger partial charge >= 0.3 is 0 Å². The third kappa shape index (κ3) is 3.60. The number of halogens is 1. The first kappa shape index (κ1) is 11.6. The molecule has 1 nitrogen and oxygen atoms in total. The van der Waals surface area contributed by atoms with E-state index >= 15 is 0 Å². The van der Waals surface area contributed by atoms with Gasteiger partial charge in [0.2, 0.25) is 0 Å². The number of rotatable bonds is 6. The molecule has 1 aliphatic rings. The van der Waals surface area contributed by atoms with Crippen molar-refractivity contribution in [1.82, 2.24) is 5.32 Å². The van der Waals surface area contributed by atoms with Crippen molar-refractivity contribution in [3.63, 3.8) is 0 Å². The minimum Gasteiger partial charge on any atom is -0.314 e. The van der Waals surface area contributed by atoms with Crippen LogP contribution in [0.3, 0.4) is 0 Å². The first-order valence-corrected chi connectivity index (χ1v) is 6.24. The van der Waals surface area contributed by atoms with E-state index in [0.717, 1.165) is 24.6 Å². The average molecular weight is 221 g/mol. The Labute approximate surface area is 97.1 Å². The number of benzene rings is 1. The average Bonchev–Trinajstić information content (AvgIpc) is 3.07. The smallest absolute Gasteiger partial charge is 0.126 e. The van der Waals surface area contributed by atoms with Crippen LogP contribution < -0.4 is 5.32 Å². The quantitative estimate of drug-likeness (QED) is 0.727. The molecule has 1 aromatic rings. The highest BCUT2D eigenvalue weighted by molar-refractivity contribution is 5.23. The van der Waals surface area contributed by atoms with Crippen molar-refractivity contribution in [2.75, 3.05) is 6.54 Å². The molecule has 16 heavy (non-hydrogen) atoms. The first-order chi connectivity index (χ1) is 7.75. The van der Waals surface area contributed by atoms with Crippen LogP contribution in [0.2, 0.25) is 0 Å². The SMILES string of the molecule is Cc1cc(CCCCNC2CC2)ccc1F. The van der Waals surface area contributed by atoms with Gasteiger partial charge in [-0.1, -0.05) is 12.1 Å². The third-order valence-corrected chi connectivity index (χ3v) is 3.12. The molecule has 1 aromatic carbocycles. The molecule has 2 rings (SSSR count). The molecule has 1 N–H and O–H groups in total. The van der Waals surface area contributed by atoms with E-state index in [1.54, 1.807) is 6.07 Å². The van der Waals surface area contributed by atoms with Gasteiger partial charge in [0.15, 0.2) is 0 Å². The molecule has 88 valence electrons. The summed E-state index contributed by atoms with van der Waals surface area (Å²) in [6, 6.07) is 6.25. The zero-order valence-corrected chi connectivity index (χ0v) is 9.93. The molecule has 1 aliphatic carbocycles. The summed E-state index contributed by atoms with van der Waals surface area (Å²) in [4.78, 5) is 0. The standard InChI is InChI=1S/C14H20FN/c1-11-10-12(5-8-14(11)15)4-2-3-9-16-13-6-7-13/h5,8,10,13,16H,2-4,6-7,9H2,1H3. The Morgan fingerprint density at radius 2 is 2.12 bits per heavy atom. The maximum Gasteiger partial charge on any atom is 0.126 e. The van der Waals surface area contributed by atoms with E-state index in [1.165, 1.54) is 31.2 Å². The Bertz CT molecular complexity index is 345. The van der Waals surface area contributed by atoms with Gasteiger partial charge < -0.3 is 5.32 Å². The van der Waals surface area contributed by atoms with Crippen LogP contribution in [0.15, 0.2) is 18.2 Å². The fourth-order valence-corrected chi connectivity index (χ4v) is 1.91. The molecule has 1 saturated carbocycles. The van der Waals surface area contributed by atoms with Gasteiger partial charge in [-0.2, -0.15) is 0 Å². The van der Waals surface area contributed by atoms with E-state index in [2.05, 4.69) is 5.32 Å². The second-order valence-corrected chi connectivity index (χ2v) is 4.77. The largest absolute Gasteiger partial charge is 0.314 e. The monoisotopic (exact) mass is 221 g/mol. The van der Waals surface area contributed by atoms with Crippen LogP contribution in [0.5, 0.6) is 0 Å². The van der Waals surface area contributed by atoms with Crippen LogP contribution in [0, 0.1) is 12.7 Å². The van der Waals surface area contributed by atoms with Crippen molar-refractivity contribution >= 4 is 0 Å². The van der Waals surface area contributed by atoms with Gasteiger partial charge in [-0.25, -0.2) is 4.39 Å². The molecule has 2 heteroatoms. The molecule has 1 fully saturated rings. The van der Waals surface area contributed by atoms with Crippen LogP contribution in [0.4, 0.5) is 4.39 Å². The number of hydrogen-bond donors (Lipinski definition) is 1. The van der Waals surface area contributed by atoms with E-state index in [4.69, 9.17) is 0 Å². The van der Waals surface area contributed by atoms with E-state index < -0.39 is 0 Å². The summed E-state index contributed by atoms with van der Waals surface area (Å²) in [5.41, 5.74) is 2.01. The number of unbranched alkanes of at least 4 members (excludes halogenated alkanes) is 1. The van der Waals surface area contributed by atoms with Gasteiger partial charge in [0, 0.05) is 6.04 Å². The molecule has 0 aliphatic heterocycles. The van der Waals surface area contributed by atoms with Gasteiger partial charge in [-0.3, -0.25) is 0 Å². The highest BCUT2D eigenvalue weighted by Gasteiger charge is 2.19. The van der Waals surface area contributed by atoms with Crippen LogP contribution in [-0.2, 0) is 6.42 Å². The fourth-order valence-electron chi connectivity index (χ4n) is 1.91. The maximum absolute atomic E-state index is 13.0. The molecule has 0 aromatic heterocycles. The predicted octanol–water partition coefficient (Wildman–Crippen LogP) is 3.21. The zero-order valence-electron chi connectivity index (χ0n) is 9.93. The summed E-state index contributed by atoms with van der Waals surface area (Å²) in [6.07, 6.45) is 6.18. The van der Waals surface area contributed by atoms with E-state index in [1.807, 2.05) is 19.1 Å². The van der Waals surface area contributed by atoms with Crippen LogP contribution >= 0.6 is 0 Å². The van der Waals surface area contributed by atoms with Crippen molar-refractivity contribution in [2.24, 2.45) is 0 Å². The summed E-state index contributed by atoms with van der Waals surface area (Å²) in [7, 11) is 0. The zero-order chi connectivity index (χ0) is 11.4. The molecule has 0 spiro atoms. The minimum atomic E-state index is -0.0980. The Morgan fingerprint density at radius 3 is 2.81 bits per heavy atom. The first-order valence-electron chi connectivity index (χ1n) is 6.24. The van der Waals surface area contributed by atoms with Crippen molar-refractivity contribution < 1.29 is 4.39 Å². The molecular weight excluding hydrogens is 201 g/mol. The lowest BCUT2D eigenvalue weighted by Gasteiger charge is -2.04. The number of nitrogens with one attached hydrogen (secondary N) is 1. The lowest BCUT2D eigenvalue weighted by atomic mass is 10.1. The summed E-state index contributed by atoms with van der Waals surface area (Å²) in [6.45, 7) is 2.96. The van der Waals surface area contributed by atoms with Gasteiger partial charge in [0.25, 0.3) is 0 Å². The van der Waals surface area contributed by atoms with Crippen molar-refractivity contribution in [3.05, 3.63) is 35.1 Å². The molecule has 0 unspecified atom stereocenters. The normalized spacial score (nSPS) is 15.4. The Morgan fingerprint density at radius 1 is 1.31 bits per heavy atom. The van der Waals surface area contributed by atoms with E-state index in [9.17, 15) is 4.39 Å². The van der Waals surface area contributed by atoms with E-state index in [0.29, 0.717) is 0 Å². The van der Waals surface area contributed by atoms with Gasteiger partial charge in [-0.15, -0.1) is 0 Å². The molecule has 0 atom stereocenters. The molecular formula is C14H20FN. The molecule has 0 amide bonds. The van der Waals surface area contributed by atoms with Gasteiger partial charge in [0.05, 0.1) is 0 Å². The lowest BCUT2D eigenvalue weighted by molar-refractivity contribution is 0.611. The second-order valence-electron chi connectivity index (χ2n) is 4.77. The maximum atomic E-state index is 13.0. The third-order valence-electron chi connectivity index (χ3n) is 3.12. The van der Waals surface area contributed by atoms with Crippen LogP contribution in [0.25, 0.3) is 0 Å². The Balaban J connectivity index is 1.65. The van der Waals surface area contributed by atoms with Crippen LogP contribution in [-0.4, -0.2) is 12.6 Å². The molecule has 0 bridgehead atoms. The number of hydrogen-bond acceptors (Lipinski definition) is 1. The van der Waals surface area contributed by atoms with Gasteiger partial charge in [-0.05, 0) is 62.8 Å². The summed E-state index contributed by atoms with van der Waals surface area (Å²) < 4.78 is 13.0. The van der Waals surface area contributed by atoms with Crippen molar-refractivity contribution in [1.29, 1.82) is 0 Å². The van der Waals surface area contributed by atoms with Crippen molar-refractivity contribution in [3.8, 4) is 0 Å². The lowest BCUT2D eigenvalue weighted by Crippen LogP contribution is -2.17.